The summed E-state index contributed by atoms with van der Waals surface area (Å²) in [6.45, 7) is 4.12. The number of likely N-dealkylation sites (N-methyl/N-ethyl adjacent to an activating group) is 1. The molecule has 1 rings (SSSR count). The fourth-order valence-corrected chi connectivity index (χ4v) is 1.48. The monoisotopic (exact) mass is 229 g/mol. The van der Waals surface area contributed by atoms with Gasteiger partial charge in [-0.05, 0) is 6.92 Å². The maximum atomic E-state index is 11.8. The predicted molar refractivity (Wildman–Crippen MR) is 58.8 cm³/mol. The first-order chi connectivity index (χ1) is 7.57. The highest BCUT2D eigenvalue weighted by Gasteiger charge is 2.27. The Labute approximate surface area is 95.2 Å². The van der Waals surface area contributed by atoms with Crippen molar-refractivity contribution < 1.29 is 14.7 Å². The van der Waals surface area contributed by atoms with Gasteiger partial charge in [0.05, 0.1) is 12.6 Å². The Balaban J connectivity index is 2.55. The second-order valence-corrected chi connectivity index (χ2v) is 3.99. The van der Waals surface area contributed by atoms with E-state index in [-0.39, 0.29) is 12.6 Å². The summed E-state index contributed by atoms with van der Waals surface area (Å²) in [5.41, 5.74) is 0. The third kappa shape index (κ3) is 2.93. The van der Waals surface area contributed by atoms with Crippen LogP contribution in [-0.4, -0.2) is 72.6 Å². The van der Waals surface area contributed by atoms with Crippen molar-refractivity contribution in [3.8, 4) is 0 Å². The zero-order valence-corrected chi connectivity index (χ0v) is 9.77. The Kier molecular flexibility index (Phi) is 4.70. The molecule has 16 heavy (non-hydrogen) atoms. The van der Waals surface area contributed by atoms with Gasteiger partial charge in [-0.3, -0.25) is 9.59 Å². The van der Waals surface area contributed by atoms with E-state index >= 15 is 0 Å². The van der Waals surface area contributed by atoms with Crippen LogP contribution in [0.25, 0.3) is 0 Å². The molecular weight excluding hydrogens is 210 g/mol. The van der Waals surface area contributed by atoms with E-state index in [1.165, 1.54) is 11.9 Å². The molecule has 0 aromatic rings. The third-order valence-electron chi connectivity index (χ3n) is 2.83. The molecule has 1 unspecified atom stereocenters. The highest BCUT2D eigenvalue weighted by molar-refractivity contribution is 6.34. The van der Waals surface area contributed by atoms with Gasteiger partial charge in [-0.1, -0.05) is 0 Å². The van der Waals surface area contributed by atoms with E-state index in [1.54, 1.807) is 11.8 Å². The summed E-state index contributed by atoms with van der Waals surface area (Å²) in [7, 11) is 1.53. The number of rotatable bonds is 2. The van der Waals surface area contributed by atoms with Gasteiger partial charge in [0.1, 0.15) is 0 Å². The van der Waals surface area contributed by atoms with Crippen molar-refractivity contribution in [1.82, 2.24) is 15.1 Å². The number of amides is 2. The Bertz CT molecular complexity index is 252. The second-order valence-electron chi connectivity index (χ2n) is 3.99. The van der Waals surface area contributed by atoms with Gasteiger partial charge < -0.3 is 20.2 Å². The van der Waals surface area contributed by atoms with Gasteiger partial charge in [-0.15, -0.1) is 0 Å². The molecule has 1 saturated heterocycles. The lowest BCUT2D eigenvalue weighted by molar-refractivity contribution is -0.152. The Morgan fingerprint density at radius 1 is 1.44 bits per heavy atom. The zero-order chi connectivity index (χ0) is 12.1. The molecule has 1 fully saturated rings. The van der Waals surface area contributed by atoms with Gasteiger partial charge >= 0.3 is 11.8 Å². The number of nitrogens with zero attached hydrogens (tertiary/aromatic N) is 2. The van der Waals surface area contributed by atoms with Gasteiger partial charge in [0.2, 0.25) is 0 Å². The van der Waals surface area contributed by atoms with Crippen LogP contribution >= 0.6 is 0 Å². The maximum absolute atomic E-state index is 11.8. The first kappa shape index (κ1) is 12.9. The molecule has 6 nitrogen and oxygen atoms in total. The lowest BCUT2D eigenvalue weighted by Crippen LogP contribution is -2.53. The van der Waals surface area contributed by atoms with E-state index in [9.17, 15) is 9.59 Å². The molecule has 1 aliphatic rings. The van der Waals surface area contributed by atoms with Crippen LogP contribution < -0.4 is 5.32 Å². The minimum absolute atomic E-state index is 0.142. The molecule has 1 atom stereocenters. The summed E-state index contributed by atoms with van der Waals surface area (Å²) in [4.78, 5) is 26.4. The van der Waals surface area contributed by atoms with Crippen LogP contribution in [0, 0.1) is 0 Å². The molecular formula is C10H19N3O3. The molecule has 0 aromatic carbocycles. The third-order valence-corrected chi connectivity index (χ3v) is 2.83. The Morgan fingerprint density at radius 2 is 2.00 bits per heavy atom. The van der Waals surface area contributed by atoms with E-state index < -0.39 is 11.8 Å². The fourth-order valence-electron chi connectivity index (χ4n) is 1.48. The van der Waals surface area contributed by atoms with Crippen LogP contribution in [-0.2, 0) is 9.59 Å². The normalized spacial score (nSPS) is 18.1. The van der Waals surface area contributed by atoms with E-state index in [1.807, 2.05) is 0 Å². The van der Waals surface area contributed by atoms with Gasteiger partial charge in [0.15, 0.2) is 0 Å². The number of nitrogens with one attached hydrogen (secondary N) is 1. The van der Waals surface area contributed by atoms with Crippen molar-refractivity contribution >= 4 is 11.8 Å². The summed E-state index contributed by atoms with van der Waals surface area (Å²) in [5.74, 6) is -1.03. The van der Waals surface area contributed by atoms with Crippen molar-refractivity contribution in [2.75, 3.05) is 39.8 Å². The van der Waals surface area contributed by atoms with Crippen LogP contribution in [0.1, 0.15) is 6.92 Å². The number of aliphatic hydroxyl groups excluding tert-OH is 1. The van der Waals surface area contributed by atoms with Crippen molar-refractivity contribution in [3.05, 3.63) is 0 Å². The molecule has 0 aromatic heterocycles. The van der Waals surface area contributed by atoms with Crippen molar-refractivity contribution in [2.24, 2.45) is 0 Å². The van der Waals surface area contributed by atoms with E-state index in [0.29, 0.717) is 13.1 Å². The lowest BCUT2D eigenvalue weighted by Gasteiger charge is -2.30. The van der Waals surface area contributed by atoms with Gasteiger partial charge in [-0.2, -0.15) is 0 Å². The number of carbonyl (C=O) groups is 2. The Morgan fingerprint density at radius 3 is 2.50 bits per heavy atom. The first-order valence-corrected chi connectivity index (χ1v) is 5.45. The second kappa shape index (κ2) is 5.81. The fraction of sp³-hybridized carbons (Fsp3) is 0.800. The summed E-state index contributed by atoms with van der Waals surface area (Å²) >= 11 is 0. The molecule has 0 bridgehead atoms. The summed E-state index contributed by atoms with van der Waals surface area (Å²) in [6.07, 6.45) is 0. The quantitative estimate of drug-likeness (QED) is 0.551. The van der Waals surface area contributed by atoms with Crippen molar-refractivity contribution in [2.45, 2.75) is 13.0 Å². The maximum Gasteiger partial charge on any atom is 0.312 e. The molecule has 0 saturated carbocycles. The highest BCUT2D eigenvalue weighted by atomic mass is 16.3. The van der Waals surface area contributed by atoms with Crippen molar-refractivity contribution in [3.63, 3.8) is 0 Å². The lowest BCUT2D eigenvalue weighted by atomic mass is 10.3. The Hall–Kier alpha value is -1.14. The first-order valence-electron chi connectivity index (χ1n) is 5.45. The van der Waals surface area contributed by atoms with E-state index in [4.69, 9.17) is 5.11 Å². The average Bonchev–Trinajstić information content (AvgIpc) is 2.36. The molecule has 2 amide bonds. The molecule has 0 aliphatic carbocycles. The summed E-state index contributed by atoms with van der Waals surface area (Å²) in [5, 5.41) is 12.0. The summed E-state index contributed by atoms with van der Waals surface area (Å²) < 4.78 is 0. The highest BCUT2D eigenvalue weighted by Crippen LogP contribution is 2.00. The van der Waals surface area contributed by atoms with Gasteiger partial charge in [0, 0.05) is 33.2 Å². The topological polar surface area (TPSA) is 72.9 Å². The standard InChI is InChI=1S/C10H19N3O3/c1-8(7-14)12(2)9(15)10(16)13-5-3-11-4-6-13/h8,11,14H,3-7H2,1-2H3. The van der Waals surface area contributed by atoms with Crippen LogP contribution in [0.3, 0.4) is 0 Å². The minimum Gasteiger partial charge on any atom is -0.394 e. The molecule has 1 heterocycles. The van der Waals surface area contributed by atoms with E-state index in [0.717, 1.165) is 13.1 Å². The minimum atomic E-state index is -0.552. The number of hydrogen-bond acceptors (Lipinski definition) is 4. The molecule has 0 radical (unpaired) electrons. The van der Waals surface area contributed by atoms with Crippen LogP contribution in [0.2, 0.25) is 0 Å². The van der Waals surface area contributed by atoms with Crippen molar-refractivity contribution in [1.29, 1.82) is 0 Å². The van der Waals surface area contributed by atoms with Crippen LogP contribution in [0.4, 0.5) is 0 Å². The summed E-state index contributed by atoms with van der Waals surface area (Å²) in [6, 6.07) is -0.334. The molecule has 6 heteroatoms. The van der Waals surface area contributed by atoms with Crippen LogP contribution in [0.15, 0.2) is 0 Å². The number of hydrogen-bond donors (Lipinski definition) is 2. The zero-order valence-electron chi connectivity index (χ0n) is 9.77. The molecule has 1 aliphatic heterocycles. The number of aliphatic hydroxyl groups is 1. The predicted octanol–water partition coefficient (Wildman–Crippen LogP) is -1.74. The van der Waals surface area contributed by atoms with E-state index in [2.05, 4.69) is 5.32 Å². The van der Waals surface area contributed by atoms with Gasteiger partial charge in [0.25, 0.3) is 0 Å². The SMILES string of the molecule is CC(CO)N(C)C(=O)C(=O)N1CCNCC1. The smallest absolute Gasteiger partial charge is 0.312 e. The average molecular weight is 229 g/mol. The largest absolute Gasteiger partial charge is 0.394 e. The van der Waals surface area contributed by atoms with Crippen LogP contribution in [0.5, 0.6) is 0 Å². The molecule has 2 N–H and O–H groups in total. The molecule has 0 spiro atoms. The number of piperazine rings is 1. The molecule has 92 valence electrons. The van der Waals surface area contributed by atoms with Gasteiger partial charge in [-0.25, -0.2) is 0 Å². The number of carbonyl (C=O) groups excluding carboxylic acids is 2.